The SMILES string of the molecule is FC(F)CN1CCC(Nc2ncnc3scc(-c4ccc(Cl)cc4)c23)CC1. The van der Waals surface area contributed by atoms with Crippen LogP contribution >= 0.6 is 22.9 Å². The third-order valence-electron chi connectivity index (χ3n) is 4.85. The minimum absolute atomic E-state index is 0.143. The molecule has 2 aromatic heterocycles. The third kappa shape index (κ3) is 4.20. The standard InChI is InChI=1S/C19H19ClF2N4S/c20-13-3-1-12(2-4-13)15-10-27-19-17(15)18(23-11-24-19)25-14-5-7-26(8-6-14)9-16(21)22/h1-4,10-11,14,16H,5-9H2,(H,23,24,25). The highest BCUT2D eigenvalue weighted by Gasteiger charge is 2.23. The maximum absolute atomic E-state index is 12.6. The quantitative estimate of drug-likeness (QED) is 0.633. The Morgan fingerprint density at radius 3 is 2.63 bits per heavy atom. The molecule has 0 unspecified atom stereocenters. The number of halogens is 3. The largest absolute Gasteiger partial charge is 0.367 e. The average molecular weight is 409 g/mol. The Labute approximate surface area is 165 Å². The smallest absolute Gasteiger partial charge is 0.251 e. The van der Waals surface area contributed by atoms with Gasteiger partial charge in [-0.15, -0.1) is 11.3 Å². The summed E-state index contributed by atoms with van der Waals surface area (Å²) in [7, 11) is 0. The van der Waals surface area contributed by atoms with E-state index in [1.165, 1.54) is 0 Å². The van der Waals surface area contributed by atoms with E-state index in [4.69, 9.17) is 11.6 Å². The topological polar surface area (TPSA) is 41.0 Å². The van der Waals surface area contributed by atoms with E-state index in [2.05, 4.69) is 20.7 Å². The zero-order valence-electron chi connectivity index (χ0n) is 14.5. The number of fused-ring (bicyclic) bond motifs is 1. The van der Waals surface area contributed by atoms with Gasteiger partial charge in [-0.1, -0.05) is 23.7 Å². The molecule has 0 radical (unpaired) electrons. The van der Waals surface area contributed by atoms with E-state index in [0.717, 1.165) is 40.0 Å². The van der Waals surface area contributed by atoms with E-state index < -0.39 is 6.43 Å². The van der Waals surface area contributed by atoms with Crippen LogP contribution < -0.4 is 5.32 Å². The van der Waals surface area contributed by atoms with Crippen LogP contribution in [0, 0.1) is 0 Å². The molecule has 0 spiro atoms. The summed E-state index contributed by atoms with van der Waals surface area (Å²) in [6, 6.07) is 7.94. The molecule has 1 saturated heterocycles. The van der Waals surface area contributed by atoms with Crippen molar-refractivity contribution < 1.29 is 8.78 Å². The number of piperidine rings is 1. The minimum Gasteiger partial charge on any atom is -0.367 e. The molecule has 0 saturated carbocycles. The summed E-state index contributed by atoms with van der Waals surface area (Å²) in [5, 5.41) is 7.30. The lowest BCUT2D eigenvalue weighted by Gasteiger charge is -2.32. The number of aromatic nitrogens is 2. The predicted octanol–water partition coefficient (Wildman–Crippen LogP) is 5.15. The summed E-state index contributed by atoms with van der Waals surface area (Å²) in [6.45, 7) is 1.20. The molecule has 142 valence electrons. The molecular weight excluding hydrogens is 390 g/mol. The van der Waals surface area contributed by atoms with Crippen molar-refractivity contribution in [3.8, 4) is 11.1 Å². The highest BCUT2D eigenvalue weighted by atomic mass is 35.5. The zero-order valence-corrected chi connectivity index (χ0v) is 16.1. The summed E-state index contributed by atoms with van der Waals surface area (Å²) in [5.41, 5.74) is 2.14. The Kier molecular flexibility index (Phi) is 5.52. The number of alkyl halides is 2. The number of anilines is 1. The van der Waals surface area contributed by atoms with E-state index in [1.807, 2.05) is 29.2 Å². The fourth-order valence-electron chi connectivity index (χ4n) is 3.47. The molecule has 8 heteroatoms. The first kappa shape index (κ1) is 18.5. The van der Waals surface area contributed by atoms with E-state index >= 15 is 0 Å². The van der Waals surface area contributed by atoms with Crippen molar-refractivity contribution in [1.29, 1.82) is 0 Å². The average Bonchev–Trinajstić information content (AvgIpc) is 3.09. The van der Waals surface area contributed by atoms with E-state index in [-0.39, 0.29) is 12.6 Å². The molecule has 0 bridgehead atoms. The first-order chi connectivity index (χ1) is 13.1. The number of hydrogen-bond donors (Lipinski definition) is 1. The van der Waals surface area contributed by atoms with Gasteiger partial charge in [0.1, 0.15) is 17.0 Å². The van der Waals surface area contributed by atoms with Crippen molar-refractivity contribution in [2.45, 2.75) is 25.3 Å². The number of hydrogen-bond acceptors (Lipinski definition) is 5. The van der Waals surface area contributed by atoms with E-state index in [9.17, 15) is 8.78 Å². The van der Waals surface area contributed by atoms with Crippen LogP contribution in [0.1, 0.15) is 12.8 Å². The van der Waals surface area contributed by atoms with Gasteiger partial charge in [0.2, 0.25) is 0 Å². The van der Waals surface area contributed by atoms with Gasteiger partial charge >= 0.3 is 0 Å². The molecule has 1 fully saturated rings. The van der Waals surface area contributed by atoms with Gasteiger partial charge < -0.3 is 5.32 Å². The number of thiophene rings is 1. The van der Waals surface area contributed by atoms with E-state index in [0.29, 0.717) is 18.1 Å². The lowest BCUT2D eigenvalue weighted by atomic mass is 10.0. The Morgan fingerprint density at radius 1 is 1.19 bits per heavy atom. The highest BCUT2D eigenvalue weighted by molar-refractivity contribution is 7.17. The second-order valence-electron chi connectivity index (χ2n) is 6.67. The molecule has 1 aromatic carbocycles. The van der Waals surface area contributed by atoms with Crippen molar-refractivity contribution in [3.63, 3.8) is 0 Å². The normalized spacial score (nSPS) is 16.3. The molecule has 3 heterocycles. The van der Waals surface area contributed by atoms with Gasteiger partial charge in [-0.05, 0) is 30.5 Å². The first-order valence-corrected chi connectivity index (χ1v) is 10.1. The van der Waals surface area contributed by atoms with Crippen molar-refractivity contribution in [2.75, 3.05) is 25.0 Å². The summed E-state index contributed by atoms with van der Waals surface area (Å²) in [4.78, 5) is 11.6. The molecular formula is C19H19ClF2N4S. The van der Waals surface area contributed by atoms with Crippen LogP contribution in [0.4, 0.5) is 14.6 Å². The Bertz CT molecular complexity index is 908. The van der Waals surface area contributed by atoms with Gasteiger partial charge in [-0.3, -0.25) is 4.90 Å². The van der Waals surface area contributed by atoms with Crippen LogP contribution in [0.3, 0.4) is 0 Å². The van der Waals surface area contributed by atoms with Crippen LogP contribution in [0.2, 0.25) is 5.02 Å². The van der Waals surface area contributed by atoms with Gasteiger partial charge in [0.05, 0.1) is 11.9 Å². The summed E-state index contributed by atoms with van der Waals surface area (Å²) in [5.74, 6) is 0.804. The first-order valence-electron chi connectivity index (χ1n) is 8.85. The molecule has 3 aromatic rings. The molecule has 0 aliphatic carbocycles. The number of nitrogens with zero attached hydrogens (tertiary/aromatic N) is 3. The van der Waals surface area contributed by atoms with Gasteiger partial charge in [0.15, 0.2) is 0 Å². The summed E-state index contributed by atoms with van der Waals surface area (Å²) < 4.78 is 25.1. The fraction of sp³-hybridized carbons (Fsp3) is 0.368. The van der Waals surface area contributed by atoms with Crippen LogP contribution in [0.25, 0.3) is 21.3 Å². The summed E-state index contributed by atoms with van der Waals surface area (Å²) in [6.07, 6.45) is 0.930. The molecule has 0 atom stereocenters. The van der Waals surface area contributed by atoms with Crippen LogP contribution in [0.5, 0.6) is 0 Å². The zero-order chi connectivity index (χ0) is 18.8. The second-order valence-corrected chi connectivity index (χ2v) is 7.96. The third-order valence-corrected chi connectivity index (χ3v) is 5.99. The molecule has 1 aliphatic rings. The maximum Gasteiger partial charge on any atom is 0.251 e. The number of benzene rings is 1. The lowest BCUT2D eigenvalue weighted by molar-refractivity contribution is 0.0769. The van der Waals surface area contributed by atoms with E-state index in [1.54, 1.807) is 17.7 Å². The fourth-order valence-corrected chi connectivity index (χ4v) is 4.52. The molecule has 0 amide bonds. The Balaban J connectivity index is 1.56. The maximum atomic E-state index is 12.6. The summed E-state index contributed by atoms with van der Waals surface area (Å²) >= 11 is 7.59. The lowest BCUT2D eigenvalue weighted by Crippen LogP contribution is -2.41. The second kappa shape index (κ2) is 8.04. The Morgan fingerprint density at radius 2 is 1.93 bits per heavy atom. The van der Waals surface area contributed by atoms with Crippen molar-refractivity contribution in [1.82, 2.24) is 14.9 Å². The van der Waals surface area contributed by atoms with Crippen molar-refractivity contribution in [2.24, 2.45) is 0 Å². The van der Waals surface area contributed by atoms with Crippen LogP contribution in [0.15, 0.2) is 36.0 Å². The highest BCUT2D eigenvalue weighted by Crippen LogP contribution is 2.37. The van der Waals surface area contributed by atoms with Gasteiger partial charge in [0, 0.05) is 35.1 Å². The van der Waals surface area contributed by atoms with Crippen molar-refractivity contribution in [3.05, 3.63) is 41.0 Å². The van der Waals surface area contributed by atoms with Gasteiger partial charge in [0.25, 0.3) is 6.43 Å². The molecule has 4 nitrogen and oxygen atoms in total. The molecule has 1 aliphatic heterocycles. The molecule has 1 N–H and O–H groups in total. The molecule has 27 heavy (non-hydrogen) atoms. The minimum atomic E-state index is -2.27. The van der Waals surface area contributed by atoms with Gasteiger partial charge in [-0.25, -0.2) is 18.7 Å². The van der Waals surface area contributed by atoms with Gasteiger partial charge in [-0.2, -0.15) is 0 Å². The van der Waals surface area contributed by atoms with Crippen molar-refractivity contribution >= 4 is 39.0 Å². The number of rotatable bonds is 5. The number of likely N-dealkylation sites (tertiary alicyclic amines) is 1. The molecule has 4 rings (SSSR count). The predicted molar refractivity (Wildman–Crippen MR) is 107 cm³/mol. The van der Waals surface area contributed by atoms with Crippen LogP contribution in [-0.4, -0.2) is 47.0 Å². The number of nitrogens with one attached hydrogen (secondary N) is 1. The monoisotopic (exact) mass is 408 g/mol. The van der Waals surface area contributed by atoms with Crippen LogP contribution in [-0.2, 0) is 0 Å². The Hall–Kier alpha value is -1.83.